The Labute approximate surface area is 176 Å². The molecule has 0 spiro atoms. The number of ether oxygens (including phenoxy) is 4. The number of rotatable bonds is 6. The molecule has 7 N–H and O–H groups in total. The SMILES string of the molecule is CC(=O)c1ccc(O)cc1OC1OC(COC2OCC(O)C(O)C2O)C(O)C(O)C1O. The Hall–Kier alpha value is -1.87. The van der Waals surface area contributed by atoms with Gasteiger partial charge in [0.1, 0.15) is 54.2 Å². The number of carbonyl (C=O) groups excluding carboxylic acids is 1. The first-order chi connectivity index (χ1) is 14.6. The van der Waals surface area contributed by atoms with Crippen LogP contribution in [0, 0.1) is 0 Å². The van der Waals surface area contributed by atoms with Crippen molar-refractivity contribution in [3.05, 3.63) is 23.8 Å². The quantitative estimate of drug-likeness (QED) is 0.223. The van der Waals surface area contributed by atoms with Crippen LogP contribution in [0.4, 0.5) is 0 Å². The lowest BCUT2D eigenvalue weighted by Gasteiger charge is -2.41. The normalized spacial score (nSPS) is 38.6. The second kappa shape index (κ2) is 9.73. The summed E-state index contributed by atoms with van der Waals surface area (Å²) in [4.78, 5) is 11.8. The zero-order valence-electron chi connectivity index (χ0n) is 16.5. The molecule has 2 heterocycles. The fraction of sp³-hybridized carbons (Fsp3) is 0.632. The maximum Gasteiger partial charge on any atom is 0.229 e. The van der Waals surface area contributed by atoms with Gasteiger partial charge in [0, 0.05) is 6.07 Å². The van der Waals surface area contributed by atoms with E-state index in [0.29, 0.717) is 0 Å². The highest BCUT2D eigenvalue weighted by molar-refractivity contribution is 5.97. The van der Waals surface area contributed by atoms with Crippen molar-refractivity contribution >= 4 is 5.78 Å². The van der Waals surface area contributed by atoms with Crippen molar-refractivity contribution in [3.8, 4) is 11.5 Å². The summed E-state index contributed by atoms with van der Waals surface area (Å²) in [6, 6.07) is 3.72. The molecule has 2 fully saturated rings. The van der Waals surface area contributed by atoms with Gasteiger partial charge in [-0.25, -0.2) is 0 Å². The lowest BCUT2D eigenvalue weighted by Crippen LogP contribution is -2.61. The van der Waals surface area contributed by atoms with Crippen molar-refractivity contribution in [1.82, 2.24) is 0 Å². The van der Waals surface area contributed by atoms with Gasteiger partial charge in [0.2, 0.25) is 6.29 Å². The molecule has 0 saturated carbocycles. The van der Waals surface area contributed by atoms with E-state index < -0.39 is 61.9 Å². The van der Waals surface area contributed by atoms with E-state index in [9.17, 15) is 40.5 Å². The van der Waals surface area contributed by atoms with Crippen LogP contribution < -0.4 is 4.74 Å². The number of benzene rings is 1. The van der Waals surface area contributed by atoms with E-state index in [1.54, 1.807) is 0 Å². The summed E-state index contributed by atoms with van der Waals surface area (Å²) in [5, 5.41) is 69.4. The van der Waals surface area contributed by atoms with Gasteiger partial charge in [-0.1, -0.05) is 0 Å². The molecule has 1 aromatic rings. The molecule has 0 aliphatic carbocycles. The first-order valence-electron chi connectivity index (χ1n) is 9.57. The van der Waals surface area contributed by atoms with Crippen LogP contribution in [0.2, 0.25) is 0 Å². The monoisotopic (exact) mass is 446 g/mol. The van der Waals surface area contributed by atoms with Gasteiger partial charge < -0.3 is 54.7 Å². The minimum absolute atomic E-state index is 0.0910. The number of hydrogen-bond donors (Lipinski definition) is 7. The molecule has 9 unspecified atom stereocenters. The summed E-state index contributed by atoms with van der Waals surface area (Å²) < 4.78 is 21.4. The number of aromatic hydroxyl groups is 1. The molecule has 3 rings (SSSR count). The molecular weight excluding hydrogens is 420 g/mol. The summed E-state index contributed by atoms with van der Waals surface area (Å²) >= 11 is 0. The molecule has 2 saturated heterocycles. The number of carbonyl (C=O) groups is 1. The maximum absolute atomic E-state index is 11.8. The Morgan fingerprint density at radius 1 is 1.00 bits per heavy atom. The molecule has 1 aromatic carbocycles. The molecule has 174 valence electrons. The number of ketones is 1. The van der Waals surface area contributed by atoms with E-state index in [2.05, 4.69) is 0 Å². The average Bonchev–Trinajstić information content (AvgIpc) is 2.72. The highest BCUT2D eigenvalue weighted by atomic mass is 16.7. The van der Waals surface area contributed by atoms with Crippen LogP contribution in [-0.2, 0) is 14.2 Å². The summed E-state index contributed by atoms with van der Waals surface area (Å²) in [5.74, 6) is -0.706. The van der Waals surface area contributed by atoms with Crippen LogP contribution in [0.15, 0.2) is 18.2 Å². The first kappa shape index (κ1) is 23.8. The van der Waals surface area contributed by atoms with Gasteiger partial charge in [0.05, 0.1) is 18.8 Å². The van der Waals surface area contributed by atoms with Gasteiger partial charge in [0.25, 0.3) is 0 Å². The number of Topliss-reactive ketones (excluding diaryl/α,β-unsaturated/α-hetero) is 1. The molecule has 31 heavy (non-hydrogen) atoms. The van der Waals surface area contributed by atoms with E-state index in [1.807, 2.05) is 0 Å². The third kappa shape index (κ3) is 5.14. The summed E-state index contributed by atoms with van der Waals surface area (Å²) in [5.41, 5.74) is 0.0910. The predicted molar refractivity (Wildman–Crippen MR) is 99.1 cm³/mol. The van der Waals surface area contributed by atoms with Crippen molar-refractivity contribution in [2.75, 3.05) is 13.2 Å². The Morgan fingerprint density at radius 3 is 2.35 bits per heavy atom. The van der Waals surface area contributed by atoms with Gasteiger partial charge in [-0.15, -0.1) is 0 Å². The molecule has 2 aliphatic heterocycles. The molecule has 0 aromatic heterocycles. The van der Waals surface area contributed by atoms with Crippen molar-refractivity contribution in [1.29, 1.82) is 0 Å². The van der Waals surface area contributed by atoms with Gasteiger partial charge in [-0.05, 0) is 19.1 Å². The lowest BCUT2D eigenvalue weighted by atomic mass is 9.99. The summed E-state index contributed by atoms with van der Waals surface area (Å²) in [7, 11) is 0. The number of hydrogen-bond acceptors (Lipinski definition) is 12. The molecule has 0 bridgehead atoms. The van der Waals surface area contributed by atoms with Crippen LogP contribution >= 0.6 is 0 Å². The van der Waals surface area contributed by atoms with E-state index in [-0.39, 0.29) is 29.5 Å². The standard InChI is InChI=1S/C19H26O12/c1-7(20)9-3-2-8(21)4-11(9)30-19-17(27)15(25)14(24)12(31-19)6-29-18-16(26)13(23)10(22)5-28-18/h2-4,10,12-19,21-27H,5-6H2,1H3. The second-order valence-electron chi connectivity index (χ2n) is 7.45. The molecule has 12 nitrogen and oxygen atoms in total. The minimum Gasteiger partial charge on any atom is -0.508 e. The topological polar surface area (TPSA) is 196 Å². The average molecular weight is 446 g/mol. The van der Waals surface area contributed by atoms with Gasteiger partial charge >= 0.3 is 0 Å². The highest BCUT2D eigenvalue weighted by Crippen LogP contribution is 2.30. The molecule has 0 amide bonds. The molecule has 12 heteroatoms. The van der Waals surface area contributed by atoms with Crippen LogP contribution in [0.5, 0.6) is 11.5 Å². The Kier molecular flexibility index (Phi) is 7.47. The van der Waals surface area contributed by atoms with E-state index in [0.717, 1.165) is 6.07 Å². The Bertz CT molecular complexity index is 772. The molecular formula is C19H26O12. The fourth-order valence-electron chi connectivity index (χ4n) is 3.29. The van der Waals surface area contributed by atoms with Crippen molar-refractivity contribution < 1.29 is 59.5 Å². The number of phenols is 1. The smallest absolute Gasteiger partial charge is 0.229 e. The molecule has 2 aliphatic rings. The van der Waals surface area contributed by atoms with Crippen LogP contribution in [-0.4, -0.2) is 110 Å². The van der Waals surface area contributed by atoms with E-state index in [1.165, 1.54) is 19.1 Å². The van der Waals surface area contributed by atoms with Gasteiger partial charge in [0.15, 0.2) is 12.1 Å². The third-order valence-corrected chi connectivity index (χ3v) is 5.14. The maximum atomic E-state index is 11.8. The predicted octanol–water partition coefficient (Wildman–Crippen LogP) is -2.76. The highest BCUT2D eigenvalue weighted by Gasteiger charge is 2.46. The fourth-order valence-corrected chi connectivity index (χ4v) is 3.29. The molecule has 0 radical (unpaired) electrons. The van der Waals surface area contributed by atoms with Crippen molar-refractivity contribution in [3.63, 3.8) is 0 Å². The lowest BCUT2D eigenvalue weighted by molar-refractivity contribution is -0.307. The summed E-state index contributed by atoms with van der Waals surface area (Å²) in [6.07, 6.45) is -13.5. The van der Waals surface area contributed by atoms with E-state index >= 15 is 0 Å². The third-order valence-electron chi connectivity index (χ3n) is 5.14. The van der Waals surface area contributed by atoms with E-state index in [4.69, 9.17) is 18.9 Å². The number of aliphatic hydroxyl groups is 6. The zero-order valence-corrected chi connectivity index (χ0v) is 16.5. The van der Waals surface area contributed by atoms with Gasteiger partial charge in [-0.2, -0.15) is 0 Å². The zero-order chi connectivity index (χ0) is 22.9. The van der Waals surface area contributed by atoms with Crippen LogP contribution in [0.25, 0.3) is 0 Å². The first-order valence-corrected chi connectivity index (χ1v) is 9.57. The Morgan fingerprint density at radius 2 is 1.68 bits per heavy atom. The van der Waals surface area contributed by atoms with Crippen LogP contribution in [0.3, 0.4) is 0 Å². The summed E-state index contributed by atoms with van der Waals surface area (Å²) in [6.45, 7) is 0.526. The second-order valence-corrected chi connectivity index (χ2v) is 7.45. The molecule has 9 atom stereocenters. The largest absolute Gasteiger partial charge is 0.508 e. The van der Waals surface area contributed by atoms with Crippen molar-refractivity contribution in [2.45, 2.75) is 62.2 Å². The van der Waals surface area contributed by atoms with Gasteiger partial charge in [-0.3, -0.25) is 4.79 Å². The Balaban J connectivity index is 1.70. The van der Waals surface area contributed by atoms with Crippen molar-refractivity contribution in [2.24, 2.45) is 0 Å². The number of phenolic OH excluding ortho intramolecular Hbond substituents is 1. The number of aliphatic hydroxyl groups excluding tert-OH is 6. The van der Waals surface area contributed by atoms with Crippen LogP contribution in [0.1, 0.15) is 17.3 Å². The minimum atomic E-state index is -1.71.